The summed E-state index contributed by atoms with van der Waals surface area (Å²) < 4.78 is 25.6. The first-order valence-electron chi connectivity index (χ1n) is 5.65. The Kier molecular flexibility index (Phi) is 5.19. The zero-order chi connectivity index (χ0) is 14.6. The van der Waals surface area contributed by atoms with E-state index in [4.69, 9.17) is 10.4 Å². The molecule has 19 heavy (non-hydrogen) atoms. The van der Waals surface area contributed by atoms with Gasteiger partial charge in [0.25, 0.3) is 0 Å². The minimum atomic E-state index is -1.74. The Labute approximate surface area is 113 Å². The van der Waals surface area contributed by atoms with Gasteiger partial charge in [-0.25, -0.2) is 4.39 Å². The van der Waals surface area contributed by atoms with Crippen molar-refractivity contribution in [2.24, 2.45) is 5.92 Å². The fraction of sp³-hybridized carbons (Fsp3) is 0.385. The minimum absolute atomic E-state index is 0.101. The van der Waals surface area contributed by atoms with E-state index in [-0.39, 0.29) is 22.8 Å². The molecule has 0 saturated heterocycles. The lowest BCUT2D eigenvalue weighted by Gasteiger charge is -2.16. The topological polar surface area (TPSA) is 78.2 Å². The molecule has 0 amide bonds. The fourth-order valence-corrected chi connectivity index (χ4v) is 3.24. The van der Waals surface area contributed by atoms with Crippen LogP contribution in [0.3, 0.4) is 0 Å². The van der Waals surface area contributed by atoms with Crippen molar-refractivity contribution in [3.63, 3.8) is 0 Å². The molecule has 0 radical (unpaired) electrons. The number of carbonyl (C=O) groups is 1. The third-order valence-corrected chi connectivity index (χ3v) is 4.51. The van der Waals surface area contributed by atoms with Gasteiger partial charge in [0.2, 0.25) is 0 Å². The number of hydrogen-bond donors (Lipinski definition) is 1. The second-order valence-electron chi connectivity index (χ2n) is 4.45. The quantitative estimate of drug-likeness (QED) is 0.897. The molecule has 2 unspecified atom stereocenters. The number of benzene rings is 1. The van der Waals surface area contributed by atoms with E-state index in [0.717, 1.165) is 6.07 Å². The second-order valence-corrected chi connectivity index (χ2v) is 6.00. The zero-order valence-electron chi connectivity index (χ0n) is 10.6. The van der Waals surface area contributed by atoms with Crippen molar-refractivity contribution in [1.29, 1.82) is 5.26 Å². The van der Waals surface area contributed by atoms with Gasteiger partial charge in [0.05, 0.1) is 17.4 Å². The molecule has 4 nitrogen and oxygen atoms in total. The Balaban J connectivity index is 2.99. The Morgan fingerprint density at radius 2 is 2.16 bits per heavy atom. The third-order valence-electron chi connectivity index (χ3n) is 2.60. The number of nitriles is 1. The number of carboxylic acids is 1. The maximum Gasteiger partial charge on any atom is 0.319 e. The lowest BCUT2D eigenvalue weighted by atomic mass is 10.1. The predicted octanol–water partition coefficient (Wildman–Crippen LogP) is 2.06. The van der Waals surface area contributed by atoms with E-state index in [9.17, 15) is 13.4 Å². The summed E-state index contributed by atoms with van der Waals surface area (Å²) in [7, 11) is -1.74. The van der Waals surface area contributed by atoms with Crippen molar-refractivity contribution in [1.82, 2.24) is 0 Å². The molecular weight excluding hydrogens is 269 g/mol. The largest absolute Gasteiger partial charge is 0.480 e. The fourth-order valence-electron chi connectivity index (χ4n) is 1.70. The summed E-state index contributed by atoms with van der Waals surface area (Å²) in [5.41, 5.74) is 0.356. The molecule has 0 heterocycles. The van der Waals surface area contributed by atoms with Gasteiger partial charge in [-0.15, -0.1) is 0 Å². The molecule has 0 saturated carbocycles. The molecule has 6 heteroatoms. The standard InChI is InChI=1S/C13H14FNO3S/c1-8(2)12(13(16)17)19(18)7-10-5-9(6-15)3-4-11(10)14/h3-5,8,12H,7H2,1-2H3,(H,16,17). The SMILES string of the molecule is CC(C)C(C(=O)O)S(=O)Cc1cc(C#N)ccc1F. The number of aliphatic carboxylic acids is 1. The molecule has 1 rings (SSSR count). The van der Waals surface area contributed by atoms with Gasteiger partial charge in [-0.2, -0.15) is 5.26 Å². The number of hydrogen-bond acceptors (Lipinski definition) is 3. The van der Waals surface area contributed by atoms with Crippen LogP contribution in [0, 0.1) is 23.1 Å². The van der Waals surface area contributed by atoms with Crippen molar-refractivity contribution in [2.45, 2.75) is 24.9 Å². The van der Waals surface area contributed by atoms with Crippen molar-refractivity contribution in [2.75, 3.05) is 0 Å². The smallest absolute Gasteiger partial charge is 0.319 e. The molecule has 1 N–H and O–H groups in total. The highest BCUT2D eigenvalue weighted by molar-refractivity contribution is 7.85. The summed E-state index contributed by atoms with van der Waals surface area (Å²) in [6, 6.07) is 5.60. The third kappa shape index (κ3) is 3.86. The van der Waals surface area contributed by atoms with Crippen LogP contribution < -0.4 is 0 Å². The summed E-state index contributed by atoms with van der Waals surface area (Å²) in [5, 5.41) is 16.7. The molecule has 102 valence electrons. The van der Waals surface area contributed by atoms with Crippen LogP contribution in [0.2, 0.25) is 0 Å². The van der Waals surface area contributed by atoms with Gasteiger partial charge in [-0.05, 0) is 24.1 Å². The van der Waals surface area contributed by atoms with E-state index < -0.39 is 27.8 Å². The Morgan fingerprint density at radius 1 is 1.53 bits per heavy atom. The molecule has 0 fully saturated rings. The minimum Gasteiger partial charge on any atom is -0.480 e. The van der Waals surface area contributed by atoms with E-state index in [0.29, 0.717) is 0 Å². The number of nitrogens with zero attached hydrogens (tertiary/aromatic N) is 1. The Morgan fingerprint density at radius 3 is 2.63 bits per heavy atom. The van der Waals surface area contributed by atoms with E-state index >= 15 is 0 Å². The van der Waals surface area contributed by atoms with Crippen LogP contribution in [0.15, 0.2) is 18.2 Å². The second kappa shape index (κ2) is 6.43. The van der Waals surface area contributed by atoms with E-state index in [2.05, 4.69) is 0 Å². The van der Waals surface area contributed by atoms with Gasteiger partial charge in [0.15, 0.2) is 0 Å². The van der Waals surface area contributed by atoms with Crippen molar-refractivity contribution in [3.8, 4) is 6.07 Å². The van der Waals surface area contributed by atoms with Crippen LogP contribution >= 0.6 is 0 Å². The maximum atomic E-state index is 13.5. The van der Waals surface area contributed by atoms with Crippen LogP contribution in [0.5, 0.6) is 0 Å². The summed E-state index contributed by atoms with van der Waals surface area (Å²) in [6.07, 6.45) is 0. The Bertz CT molecular complexity index is 551. The van der Waals surface area contributed by atoms with Crippen LogP contribution in [-0.2, 0) is 21.3 Å². The van der Waals surface area contributed by atoms with Crippen molar-refractivity contribution >= 4 is 16.8 Å². The number of halogens is 1. The van der Waals surface area contributed by atoms with E-state index in [1.165, 1.54) is 12.1 Å². The molecule has 0 aromatic heterocycles. The van der Waals surface area contributed by atoms with Crippen LogP contribution in [0.1, 0.15) is 25.0 Å². The maximum absolute atomic E-state index is 13.5. The normalized spacial score (nSPS) is 13.8. The Hall–Kier alpha value is -1.74. The van der Waals surface area contributed by atoms with Gasteiger partial charge in [-0.3, -0.25) is 9.00 Å². The molecule has 0 bridgehead atoms. The summed E-state index contributed by atoms with van der Waals surface area (Å²) in [4.78, 5) is 11.0. The molecule has 1 aromatic rings. The summed E-state index contributed by atoms with van der Waals surface area (Å²) in [6.45, 7) is 3.30. The summed E-state index contributed by atoms with van der Waals surface area (Å²) in [5.74, 6) is -2.28. The van der Waals surface area contributed by atoms with Gasteiger partial charge < -0.3 is 5.11 Å². The molecule has 0 spiro atoms. The van der Waals surface area contributed by atoms with Crippen molar-refractivity contribution < 1.29 is 18.5 Å². The molecule has 1 aromatic carbocycles. The van der Waals surface area contributed by atoms with Gasteiger partial charge in [0.1, 0.15) is 11.1 Å². The monoisotopic (exact) mass is 283 g/mol. The number of rotatable bonds is 5. The lowest BCUT2D eigenvalue weighted by Crippen LogP contribution is -2.31. The van der Waals surface area contributed by atoms with E-state index in [1.807, 2.05) is 6.07 Å². The molecule has 2 atom stereocenters. The van der Waals surface area contributed by atoms with Gasteiger partial charge in [0, 0.05) is 16.4 Å². The highest BCUT2D eigenvalue weighted by Crippen LogP contribution is 2.17. The first-order chi connectivity index (χ1) is 8.86. The highest BCUT2D eigenvalue weighted by atomic mass is 32.2. The van der Waals surface area contributed by atoms with Crippen LogP contribution in [0.4, 0.5) is 4.39 Å². The number of carboxylic acid groups (broad SMARTS) is 1. The predicted molar refractivity (Wildman–Crippen MR) is 69.2 cm³/mol. The molecule has 0 aliphatic heterocycles. The van der Waals surface area contributed by atoms with Gasteiger partial charge in [-0.1, -0.05) is 13.8 Å². The molecule has 0 aliphatic rings. The first kappa shape index (κ1) is 15.3. The molecule has 0 aliphatic carbocycles. The average Bonchev–Trinajstić information content (AvgIpc) is 2.30. The van der Waals surface area contributed by atoms with E-state index in [1.54, 1.807) is 13.8 Å². The van der Waals surface area contributed by atoms with Gasteiger partial charge >= 0.3 is 5.97 Å². The highest BCUT2D eigenvalue weighted by Gasteiger charge is 2.28. The first-order valence-corrected chi connectivity index (χ1v) is 7.03. The van der Waals surface area contributed by atoms with Crippen LogP contribution in [0.25, 0.3) is 0 Å². The van der Waals surface area contributed by atoms with Crippen LogP contribution in [-0.4, -0.2) is 20.5 Å². The zero-order valence-corrected chi connectivity index (χ0v) is 11.4. The molecular formula is C13H14FNO3S. The van der Waals surface area contributed by atoms with Crippen molar-refractivity contribution in [3.05, 3.63) is 35.1 Å². The average molecular weight is 283 g/mol. The summed E-state index contributed by atoms with van der Waals surface area (Å²) >= 11 is 0. The lowest BCUT2D eigenvalue weighted by molar-refractivity contribution is -0.137.